The Labute approximate surface area is 165 Å². The van der Waals surface area contributed by atoms with Crippen LogP contribution in [0, 0.1) is 5.92 Å². The van der Waals surface area contributed by atoms with Crippen LogP contribution in [-0.4, -0.2) is 45.8 Å². The third-order valence-corrected chi connectivity index (χ3v) is 6.05. The molecular weight excluding hydrogens is 354 g/mol. The zero-order chi connectivity index (χ0) is 19.8. The SMILES string of the molecule is CN(C)C(=O)[C@@H]1CCC[C@H](c2cccc(-n3ncc(C(=O)O)c3C3CC3)c2)C1. The first-order valence-corrected chi connectivity index (χ1v) is 10.1. The molecule has 6 heteroatoms. The topological polar surface area (TPSA) is 75.4 Å². The van der Waals surface area contributed by atoms with Crippen LogP contribution in [0.4, 0.5) is 0 Å². The van der Waals surface area contributed by atoms with Gasteiger partial charge in [-0.2, -0.15) is 5.10 Å². The van der Waals surface area contributed by atoms with Gasteiger partial charge in [0.05, 0.1) is 17.6 Å². The molecular formula is C22H27N3O3. The molecule has 1 aromatic carbocycles. The Morgan fingerprint density at radius 3 is 2.61 bits per heavy atom. The molecule has 0 aliphatic heterocycles. The van der Waals surface area contributed by atoms with E-state index in [9.17, 15) is 14.7 Å². The van der Waals surface area contributed by atoms with Gasteiger partial charge in [0.1, 0.15) is 5.56 Å². The average Bonchev–Trinajstić information content (AvgIpc) is 3.44. The van der Waals surface area contributed by atoms with Gasteiger partial charge in [-0.3, -0.25) is 4.79 Å². The fourth-order valence-electron chi connectivity index (χ4n) is 4.47. The number of rotatable bonds is 5. The van der Waals surface area contributed by atoms with Crippen LogP contribution in [0.3, 0.4) is 0 Å². The zero-order valence-electron chi connectivity index (χ0n) is 16.5. The standard InChI is InChI=1S/C22H27N3O3/c1-24(2)21(26)17-7-3-5-15(11-17)16-6-4-8-18(12-16)25-20(14-9-10-14)19(13-23-25)22(27)28/h4,6,8,12-15,17H,3,5,7,9-11H2,1-2H3,(H,27,28)/t15-,17+/m0/s1. The highest BCUT2D eigenvalue weighted by molar-refractivity contribution is 5.89. The largest absolute Gasteiger partial charge is 0.478 e. The van der Waals surface area contributed by atoms with E-state index in [0.29, 0.717) is 11.5 Å². The lowest BCUT2D eigenvalue weighted by Gasteiger charge is -2.30. The summed E-state index contributed by atoms with van der Waals surface area (Å²) in [5, 5.41) is 13.9. The molecule has 0 unspecified atom stereocenters. The molecule has 4 rings (SSSR count). The first kappa shape index (κ1) is 18.7. The van der Waals surface area contributed by atoms with Crippen molar-refractivity contribution in [3.63, 3.8) is 0 Å². The summed E-state index contributed by atoms with van der Waals surface area (Å²) in [6.07, 6.45) is 7.46. The summed E-state index contributed by atoms with van der Waals surface area (Å²) >= 11 is 0. The van der Waals surface area contributed by atoms with Crippen LogP contribution in [0.5, 0.6) is 0 Å². The van der Waals surface area contributed by atoms with Gasteiger partial charge < -0.3 is 10.0 Å². The normalized spacial score (nSPS) is 22.1. The highest BCUT2D eigenvalue weighted by atomic mass is 16.4. The molecule has 2 aromatic rings. The van der Waals surface area contributed by atoms with E-state index >= 15 is 0 Å². The molecule has 0 bridgehead atoms. The molecule has 1 N–H and O–H groups in total. The minimum absolute atomic E-state index is 0.0859. The first-order chi connectivity index (χ1) is 13.5. The monoisotopic (exact) mass is 381 g/mol. The molecule has 2 aliphatic carbocycles. The first-order valence-electron chi connectivity index (χ1n) is 10.1. The maximum atomic E-state index is 12.4. The van der Waals surface area contributed by atoms with Crippen LogP contribution in [0.1, 0.15) is 72.0 Å². The minimum Gasteiger partial charge on any atom is -0.478 e. The highest BCUT2D eigenvalue weighted by Crippen LogP contribution is 2.43. The number of carboxylic acids is 1. The van der Waals surface area contributed by atoms with Crippen molar-refractivity contribution in [1.82, 2.24) is 14.7 Å². The number of aromatic carboxylic acids is 1. The molecule has 2 atom stereocenters. The van der Waals surface area contributed by atoms with Gasteiger partial charge >= 0.3 is 5.97 Å². The van der Waals surface area contributed by atoms with Gasteiger partial charge in [0, 0.05) is 25.9 Å². The number of carbonyl (C=O) groups is 2. The van der Waals surface area contributed by atoms with Crippen LogP contribution in [-0.2, 0) is 4.79 Å². The fourth-order valence-corrected chi connectivity index (χ4v) is 4.47. The van der Waals surface area contributed by atoms with Crippen molar-refractivity contribution in [2.45, 2.75) is 50.4 Å². The lowest BCUT2D eigenvalue weighted by Crippen LogP contribution is -2.32. The summed E-state index contributed by atoms with van der Waals surface area (Å²) in [4.78, 5) is 25.7. The second-order valence-electron chi connectivity index (χ2n) is 8.32. The number of carbonyl (C=O) groups excluding carboxylic acids is 1. The summed E-state index contributed by atoms with van der Waals surface area (Å²) < 4.78 is 1.80. The number of hydrogen-bond donors (Lipinski definition) is 1. The van der Waals surface area contributed by atoms with Crippen LogP contribution in [0.25, 0.3) is 5.69 Å². The number of benzene rings is 1. The number of amides is 1. The van der Waals surface area contributed by atoms with E-state index < -0.39 is 5.97 Å². The van der Waals surface area contributed by atoms with Crippen LogP contribution < -0.4 is 0 Å². The molecule has 0 saturated heterocycles. The van der Waals surface area contributed by atoms with E-state index in [1.165, 1.54) is 11.8 Å². The molecule has 28 heavy (non-hydrogen) atoms. The van der Waals surface area contributed by atoms with Gasteiger partial charge in [0.15, 0.2) is 0 Å². The molecule has 0 radical (unpaired) electrons. The lowest BCUT2D eigenvalue weighted by atomic mass is 9.77. The smallest absolute Gasteiger partial charge is 0.339 e. The molecule has 1 amide bonds. The molecule has 6 nitrogen and oxygen atoms in total. The molecule has 1 aromatic heterocycles. The van der Waals surface area contributed by atoms with Crippen molar-refractivity contribution in [3.8, 4) is 5.69 Å². The Morgan fingerprint density at radius 2 is 1.93 bits per heavy atom. The van der Waals surface area contributed by atoms with Crippen LogP contribution in [0.15, 0.2) is 30.5 Å². The van der Waals surface area contributed by atoms with Crippen molar-refractivity contribution in [2.24, 2.45) is 5.92 Å². The number of aromatic nitrogens is 2. The van der Waals surface area contributed by atoms with E-state index in [1.54, 1.807) is 9.58 Å². The van der Waals surface area contributed by atoms with E-state index in [-0.39, 0.29) is 17.7 Å². The predicted octanol–water partition coefficient (Wildman–Crippen LogP) is 3.81. The summed E-state index contributed by atoms with van der Waals surface area (Å²) in [6, 6.07) is 8.24. The number of carboxylic acid groups (broad SMARTS) is 1. The van der Waals surface area contributed by atoms with Gasteiger partial charge in [-0.25, -0.2) is 9.48 Å². The molecule has 2 aliphatic rings. The second kappa shape index (κ2) is 7.41. The lowest BCUT2D eigenvalue weighted by molar-refractivity contribution is -0.134. The van der Waals surface area contributed by atoms with Crippen molar-refractivity contribution in [1.29, 1.82) is 0 Å². The Morgan fingerprint density at radius 1 is 1.14 bits per heavy atom. The van der Waals surface area contributed by atoms with Crippen molar-refractivity contribution >= 4 is 11.9 Å². The van der Waals surface area contributed by atoms with E-state index in [2.05, 4.69) is 17.2 Å². The van der Waals surface area contributed by atoms with Gasteiger partial charge in [0.2, 0.25) is 5.91 Å². The Kier molecular flexibility index (Phi) is 4.96. The number of hydrogen-bond acceptors (Lipinski definition) is 3. The van der Waals surface area contributed by atoms with Gasteiger partial charge in [-0.1, -0.05) is 18.6 Å². The van der Waals surface area contributed by atoms with E-state index in [0.717, 1.165) is 49.9 Å². The van der Waals surface area contributed by atoms with Crippen LogP contribution >= 0.6 is 0 Å². The Hall–Kier alpha value is -2.63. The van der Waals surface area contributed by atoms with E-state index in [1.807, 2.05) is 26.2 Å². The number of nitrogens with zero attached hydrogens (tertiary/aromatic N) is 3. The molecule has 2 fully saturated rings. The maximum absolute atomic E-state index is 12.4. The molecule has 2 saturated carbocycles. The Bertz CT molecular complexity index is 898. The highest BCUT2D eigenvalue weighted by Gasteiger charge is 2.33. The van der Waals surface area contributed by atoms with Gasteiger partial charge in [-0.15, -0.1) is 0 Å². The van der Waals surface area contributed by atoms with Crippen molar-refractivity contribution in [3.05, 3.63) is 47.3 Å². The van der Waals surface area contributed by atoms with E-state index in [4.69, 9.17) is 0 Å². The molecule has 0 spiro atoms. The summed E-state index contributed by atoms with van der Waals surface area (Å²) in [5.41, 5.74) is 3.24. The maximum Gasteiger partial charge on any atom is 0.339 e. The van der Waals surface area contributed by atoms with Crippen molar-refractivity contribution in [2.75, 3.05) is 14.1 Å². The zero-order valence-corrected chi connectivity index (χ0v) is 16.5. The van der Waals surface area contributed by atoms with Crippen molar-refractivity contribution < 1.29 is 14.7 Å². The molecule has 1 heterocycles. The molecule has 148 valence electrons. The summed E-state index contributed by atoms with van der Waals surface area (Å²) in [5.74, 6) is 0.0231. The summed E-state index contributed by atoms with van der Waals surface area (Å²) in [6.45, 7) is 0. The average molecular weight is 381 g/mol. The minimum atomic E-state index is -0.915. The third kappa shape index (κ3) is 3.55. The second-order valence-corrected chi connectivity index (χ2v) is 8.32. The quantitative estimate of drug-likeness (QED) is 0.854. The predicted molar refractivity (Wildman–Crippen MR) is 106 cm³/mol. The fraction of sp³-hybridized carbons (Fsp3) is 0.500. The van der Waals surface area contributed by atoms with Crippen LogP contribution in [0.2, 0.25) is 0 Å². The van der Waals surface area contributed by atoms with Gasteiger partial charge in [0.25, 0.3) is 0 Å². The van der Waals surface area contributed by atoms with Gasteiger partial charge in [-0.05, 0) is 55.7 Å². The summed E-state index contributed by atoms with van der Waals surface area (Å²) in [7, 11) is 3.65. The Balaban J connectivity index is 1.62. The third-order valence-electron chi connectivity index (χ3n) is 6.05.